The third kappa shape index (κ3) is 5.93. The maximum atomic E-state index is 12.0. The summed E-state index contributed by atoms with van der Waals surface area (Å²) in [4.78, 5) is 33.9. The molecule has 1 amide bonds. The lowest BCUT2D eigenvalue weighted by Gasteiger charge is -2.11. The number of nitro benzene ring substituents is 1. The summed E-state index contributed by atoms with van der Waals surface area (Å²) in [5.74, 6) is -1.27. The van der Waals surface area contributed by atoms with E-state index in [0.717, 1.165) is 17.2 Å². The molecule has 0 aliphatic rings. The number of benzene rings is 2. The van der Waals surface area contributed by atoms with Crippen molar-refractivity contribution in [1.29, 1.82) is 0 Å². The standard InChI is InChI=1S/C19H17ClN2O5/c1-12-8-13(2)19(16(20)9-12)21-17(23)11-27-18(24)7-6-14-4-3-5-15(10-14)22(25)26/h3-10H,11H2,1-2H3,(H,21,23)/b7-6+. The normalized spacial score (nSPS) is 10.6. The van der Waals surface area contributed by atoms with Gasteiger partial charge in [0.15, 0.2) is 6.61 Å². The molecule has 140 valence electrons. The van der Waals surface area contributed by atoms with Crippen LogP contribution in [0.3, 0.4) is 0 Å². The zero-order valence-electron chi connectivity index (χ0n) is 14.7. The van der Waals surface area contributed by atoms with E-state index in [4.69, 9.17) is 16.3 Å². The molecule has 8 heteroatoms. The number of ether oxygens (including phenoxy) is 1. The maximum Gasteiger partial charge on any atom is 0.331 e. The van der Waals surface area contributed by atoms with Crippen LogP contribution in [0.15, 0.2) is 42.5 Å². The molecule has 0 aliphatic carbocycles. The van der Waals surface area contributed by atoms with Gasteiger partial charge in [-0.3, -0.25) is 14.9 Å². The van der Waals surface area contributed by atoms with E-state index in [9.17, 15) is 19.7 Å². The van der Waals surface area contributed by atoms with Crippen LogP contribution in [-0.2, 0) is 14.3 Å². The van der Waals surface area contributed by atoms with Crippen molar-refractivity contribution in [2.45, 2.75) is 13.8 Å². The SMILES string of the molecule is Cc1cc(C)c(NC(=O)COC(=O)/C=C/c2cccc([N+](=O)[O-])c2)c(Cl)c1. The van der Waals surface area contributed by atoms with Gasteiger partial charge in [-0.05, 0) is 42.7 Å². The molecule has 0 aromatic heterocycles. The summed E-state index contributed by atoms with van der Waals surface area (Å²) in [5, 5.41) is 13.7. The Bertz CT molecular complexity index is 901. The number of nitro groups is 1. The lowest BCUT2D eigenvalue weighted by molar-refractivity contribution is -0.384. The van der Waals surface area contributed by atoms with Crippen LogP contribution in [0.25, 0.3) is 6.08 Å². The Hall–Kier alpha value is -3.19. The number of aryl methyl sites for hydroxylation is 2. The summed E-state index contributed by atoms with van der Waals surface area (Å²) in [6, 6.07) is 9.36. The Morgan fingerprint density at radius 2 is 2.00 bits per heavy atom. The first-order chi connectivity index (χ1) is 12.8. The van der Waals surface area contributed by atoms with E-state index in [1.54, 1.807) is 12.1 Å². The van der Waals surface area contributed by atoms with Gasteiger partial charge in [0.1, 0.15) is 0 Å². The van der Waals surface area contributed by atoms with Crippen molar-refractivity contribution >= 4 is 40.9 Å². The minimum absolute atomic E-state index is 0.0877. The van der Waals surface area contributed by atoms with E-state index in [1.807, 2.05) is 19.9 Å². The summed E-state index contributed by atoms with van der Waals surface area (Å²) < 4.78 is 4.86. The second kappa shape index (κ2) is 8.95. The number of carbonyl (C=O) groups is 2. The van der Waals surface area contributed by atoms with Crippen molar-refractivity contribution in [3.8, 4) is 0 Å². The van der Waals surface area contributed by atoms with Crippen molar-refractivity contribution in [2.24, 2.45) is 0 Å². The zero-order chi connectivity index (χ0) is 20.0. The van der Waals surface area contributed by atoms with Crippen LogP contribution in [0.2, 0.25) is 5.02 Å². The Labute approximate surface area is 160 Å². The molecule has 0 radical (unpaired) electrons. The first-order valence-corrected chi connectivity index (χ1v) is 8.30. The predicted molar refractivity (Wildman–Crippen MR) is 103 cm³/mol. The topological polar surface area (TPSA) is 98.5 Å². The molecule has 0 bridgehead atoms. The molecule has 2 aromatic rings. The number of amides is 1. The molecule has 1 N–H and O–H groups in total. The van der Waals surface area contributed by atoms with Crippen LogP contribution < -0.4 is 5.32 Å². The molecule has 0 spiro atoms. The highest BCUT2D eigenvalue weighted by atomic mass is 35.5. The zero-order valence-corrected chi connectivity index (χ0v) is 15.4. The van der Waals surface area contributed by atoms with Crippen LogP contribution in [0.1, 0.15) is 16.7 Å². The average molecular weight is 389 g/mol. The number of hydrogen-bond acceptors (Lipinski definition) is 5. The second-order valence-corrected chi connectivity index (χ2v) is 6.19. The third-order valence-corrected chi connectivity index (χ3v) is 3.83. The van der Waals surface area contributed by atoms with Crippen LogP contribution in [0.4, 0.5) is 11.4 Å². The molecule has 0 saturated carbocycles. The molecule has 27 heavy (non-hydrogen) atoms. The minimum atomic E-state index is -0.747. The van der Waals surface area contributed by atoms with Crippen molar-refractivity contribution in [2.75, 3.05) is 11.9 Å². The molecule has 0 aliphatic heterocycles. The van der Waals surface area contributed by atoms with Gasteiger partial charge in [-0.15, -0.1) is 0 Å². The maximum absolute atomic E-state index is 12.0. The fourth-order valence-corrected chi connectivity index (χ4v) is 2.71. The van der Waals surface area contributed by atoms with Gasteiger partial charge < -0.3 is 10.1 Å². The highest BCUT2D eigenvalue weighted by molar-refractivity contribution is 6.34. The van der Waals surface area contributed by atoms with Gasteiger partial charge in [-0.2, -0.15) is 0 Å². The number of rotatable bonds is 6. The van der Waals surface area contributed by atoms with Crippen LogP contribution in [0.5, 0.6) is 0 Å². The number of halogens is 1. The first kappa shape index (κ1) is 20.1. The van der Waals surface area contributed by atoms with Crippen molar-refractivity contribution in [1.82, 2.24) is 0 Å². The van der Waals surface area contributed by atoms with Gasteiger partial charge in [-0.1, -0.05) is 29.8 Å². The highest BCUT2D eigenvalue weighted by Gasteiger charge is 2.11. The average Bonchev–Trinajstić information content (AvgIpc) is 2.61. The Morgan fingerprint density at radius 1 is 1.26 bits per heavy atom. The number of hydrogen-bond donors (Lipinski definition) is 1. The van der Waals surface area contributed by atoms with E-state index >= 15 is 0 Å². The van der Waals surface area contributed by atoms with E-state index in [-0.39, 0.29) is 5.69 Å². The number of carbonyl (C=O) groups excluding carboxylic acids is 2. The largest absolute Gasteiger partial charge is 0.452 e. The quantitative estimate of drug-likeness (QED) is 0.348. The molecule has 0 heterocycles. The Balaban J connectivity index is 1.91. The summed E-state index contributed by atoms with van der Waals surface area (Å²) in [5.41, 5.74) is 2.61. The third-order valence-electron chi connectivity index (χ3n) is 3.53. The summed E-state index contributed by atoms with van der Waals surface area (Å²) in [6.07, 6.45) is 2.46. The second-order valence-electron chi connectivity index (χ2n) is 5.78. The number of esters is 1. The van der Waals surface area contributed by atoms with E-state index in [1.165, 1.54) is 24.3 Å². The first-order valence-electron chi connectivity index (χ1n) is 7.92. The lowest BCUT2D eigenvalue weighted by Crippen LogP contribution is -2.20. The van der Waals surface area contributed by atoms with Gasteiger partial charge in [0, 0.05) is 18.2 Å². The van der Waals surface area contributed by atoms with Gasteiger partial charge >= 0.3 is 5.97 Å². The monoisotopic (exact) mass is 388 g/mol. The molecule has 0 atom stereocenters. The van der Waals surface area contributed by atoms with E-state index < -0.39 is 23.4 Å². The molecule has 2 aromatic carbocycles. The van der Waals surface area contributed by atoms with Crippen molar-refractivity contribution in [3.63, 3.8) is 0 Å². The van der Waals surface area contributed by atoms with Gasteiger partial charge in [0.2, 0.25) is 0 Å². The van der Waals surface area contributed by atoms with Crippen LogP contribution >= 0.6 is 11.6 Å². The van der Waals surface area contributed by atoms with Gasteiger partial charge in [0.25, 0.3) is 11.6 Å². The summed E-state index contributed by atoms with van der Waals surface area (Å²) in [7, 11) is 0. The Morgan fingerprint density at radius 3 is 2.67 bits per heavy atom. The summed E-state index contributed by atoms with van der Waals surface area (Å²) >= 11 is 6.11. The molecule has 0 unspecified atom stereocenters. The highest BCUT2D eigenvalue weighted by Crippen LogP contribution is 2.27. The minimum Gasteiger partial charge on any atom is -0.452 e. The molecule has 2 rings (SSSR count). The predicted octanol–water partition coefficient (Wildman–Crippen LogP) is 4.06. The number of non-ortho nitro benzene ring substituents is 1. The number of nitrogens with one attached hydrogen (secondary N) is 1. The van der Waals surface area contributed by atoms with Crippen LogP contribution in [-0.4, -0.2) is 23.4 Å². The molecular formula is C19H17ClN2O5. The lowest BCUT2D eigenvalue weighted by atomic mass is 10.1. The van der Waals surface area contributed by atoms with Crippen LogP contribution in [0, 0.1) is 24.0 Å². The van der Waals surface area contributed by atoms with Crippen molar-refractivity contribution in [3.05, 3.63) is 74.3 Å². The number of nitrogens with zero attached hydrogens (tertiary/aromatic N) is 1. The van der Waals surface area contributed by atoms with Gasteiger partial charge in [0.05, 0.1) is 15.6 Å². The fraction of sp³-hybridized carbons (Fsp3) is 0.158. The smallest absolute Gasteiger partial charge is 0.331 e. The molecule has 7 nitrogen and oxygen atoms in total. The van der Waals surface area contributed by atoms with Crippen molar-refractivity contribution < 1.29 is 19.2 Å². The molecular weight excluding hydrogens is 372 g/mol. The molecule has 0 fully saturated rings. The van der Waals surface area contributed by atoms with Gasteiger partial charge in [-0.25, -0.2) is 4.79 Å². The summed E-state index contributed by atoms with van der Waals surface area (Å²) in [6.45, 7) is 3.21. The Kier molecular flexibility index (Phi) is 6.67. The molecule has 0 saturated heterocycles. The van der Waals surface area contributed by atoms with E-state index in [2.05, 4.69) is 5.32 Å². The number of anilines is 1. The fourth-order valence-electron chi connectivity index (χ4n) is 2.34. The van der Waals surface area contributed by atoms with E-state index in [0.29, 0.717) is 16.3 Å².